The molecule has 1 aromatic rings. The molecule has 0 saturated heterocycles. The van der Waals surface area contributed by atoms with Crippen molar-refractivity contribution in [1.82, 2.24) is 0 Å². The van der Waals surface area contributed by atoms with Gasteiger partial charge in [0, 0.05) is 5.92 Å². The Morgan fingerprint density at radius 2 is 1.53 bits per heavy atom. The first-order valence-corrected chi connectivity index (χ1v) is 12.2. The quantitative estimate of drug-likeness (QED) is 0.410. The lowest BCUT2D eigenvalue weighted by atomic mass is 9.69. The van der Waals surface area contributed by atoms with Gasteiger partial charge >= 0.3 is 0 Å². The van der Waals surface area contributed by atoms with Gasteiger partial charge in [-0.3, -0.25) is 0 Å². The fourth-order valence-corrected chi connectivity index (χ4v) is 5.31. The number of hydrogen-bond donors (Lipinski definition) is 0. The average Bonchev–Trinajstić information content (AvgIpc) is 2.79. The van der Waals surface area contributed by atoms with E-state index in [9.17, 15) is 8.78 Å². The van der Waals surface area contributed by atoms with Crippen LogP contribution in [0.15, 0.2) is 12.1 Å². The van der Waals surface area contributed by atoms with E-state index in [1.165, 1.54) is 63.9 Å². The summed E-state index contributed by atoms with van der Waals surface area (Å²) in [6.07, 6.45) is 15.2. The Kier molecular flexibility index (Phi) is 9.04. The van der Waals surface area contributed by atoms with Gasteiger partial charge in [-0.2, -0.15) is 4.39 Å². The molecule has 0 aromatic heterocycles. The topological polar surface area (TPSA) is 9.23 Å². The molecule has 0 heterocycles. The fourth-order valence-electron chi connectivity index (χ4n) is 5.31. The van der Waals surface area contributed by atoms with Crippen LogP contribution in [0.3, 0.4) is 0 Å². The second-order valence-electron chi connectivity index (χ2n) is 9.39. The molecule has 3 heteroatoms. The Morgan fingerprint density at radius 1 is 0.867 bits per heavy atom. The van der Waals surface area contributed by atoms with E-state index in [0.29, 0.717) is 12.5 Å². The fraction of sp³-hybridized carbons (Fsp3) is 0.704. The lowest BCUT2D eigenvalue weighted by Gasteiger charge is -2.37. The molecule has 0 amide bonds. The van der Waals surface area contributed by atoms with E-state index in [0.717, 1.165) is 37.0 Å². The number of unbranched alkanes of at least 4 members (excludes halogenated alkanes) is 1. The lowest BCUT2D eigenvalue weighted by Crippen LogP contribution is -2.25. The molecule has 0 spiro atoms. The molecule has 2 aliphatic rings. The molecule has 1 aromatic carbocycles. The van der Waals surface area contributed by atoms with Crippen molar-refractivity contribution >= 4 is 0 Å². The summed E-state index contributed by atoms with van der Waals surface area (Å²) in [6.45, 7) is 4.60. The first-order valence-electron chi connectivity index (χ1n) is 12.2. The Bertz CT molecular complexity index is 716. The molecule has 0 unspecified atom stereocenters. The third kappa shape index (κ3) is 6.22. The molecular formula is C27H38F2O. The maximum Gasteiger partial charge on any atom is 0.201 e. The summed E-state index contributed by atoms with van der Waals surface area (Å²) in [5.74, 6) is 7.32. The summed E-state index contributed by atoms with van der Waals surface area (Å²) in [4.78, 5) is 0. The van der Waals surface area contributed by atoms with Crippen LogP contribution in [0.2, 0.25) is 0 Å². The lowest BCUT2D eigenvalue weighted by molar-refractivity contribution is 0.153. The van der Waals surface area contributed by atoms with Gasteiger partial charge in [-0.1, -0.05) is 57.8 Å². The number of benzene rings is 1. The highest BCUT2D eigenvalue weighted by molar-refractivity contribution is 5.41. The van der Waals surface area contributed by atoms with Crippen LogP contribution in [0.5, 0.6) is 5.75 Å². The molecule has 2 aliphatic carbocycles. The molecule has 3 rings (SSSR count). The Hall–Kier alpha value is -1.56. The monoisotopic (exact) mass is 416 g/mol. The van der Waals surface area contributed by atoms with E-state index < -0.39 is 11.6 Å². The van der Waals surface area contributed by atoms with Gasteiger partial charge in [0.15, 0.2) is 11.6 Å². The molecular weight excluding hydrogens is 378 g/mol. The summed E-state index contributed by atoms with van der Waals surface area (Å²) < 4.78 is 33.7. The third-order valence-electron chi connectivity index (χ3n) is 7.22. The Labute approximate surface area is 182 Å². The maximum atomic E-state index is 14.3. The SMILES string of the molecule is CCCC[C@H]1CC[C@H](C2CCC(C#Cc3ccc(OCCC)c(F)c3F)CC2)CC1. The van der Waals surface area contributed by atoms with Gasteiger partial charge in [-0.05, 0) is 74.8 Å². The maximum absolute atomic E-state index is 14.3. The van der Waals surface area contributed by atoms with Gasteiger partial charge in [-0.15, -0.1) is 0 Å². The van der Waals surface area contributed by atoms with Crippen molar-refractivity contribution in [2.75, 3.05) is 6.61 Å². The molecule has 0 N–H and O–H groups in total. The highest BCUT2D eigenvalue weighted by atomic mass is 19.2. The van der Waals surface area contributed by atoms with Gasteiger partial charge in [0.25, 0.3) is 0 Å². The predicted molar refractivity (Wildman–Crippen MR) is 119 cm³/mol. The Balaban J connectivity index is 1.48. The van der Waals surface area contributed by atoms with E-state index in [-0.39, 0.29) is 11.3 Å². The van der Waals surface area contributed by atoms with Crippen molar-refractivity contribution in [1.29, 1.82) is 0 Å². The Morgan fingerprint density at radius 3 is 2.17 bits per heavy atom. The number of hydrogen-bond acceptors (Lipinski definition) is 1. The first kappa shape index (κ1) is 23.1. The highest BCUT2D eigenvalue weighted by Gasteiger charge is 2.30. The van der Waals surface area contributed by atoms with Gasteiger partial charge in [0.2, 0.25) is 5.82 Å². The molecule has 1 nitrogen and oxygen atoms in total. The largest absolute Gasteiger partial charge is 0.490 e. The molecule has 0 bridgehead atoms. The van der Waals surface area contributed by atoms with Crippen molar-refractivity contribution in [2.45, 2.75) is 90.9 Å². The zero-order valence-corrected chi connectivity index (χ0v) is 18.8. The normalized spacial score (nSPS) is 26.7. The van der Waals surface area contributed by atoms with E-state index in [2.05, 4.69) is 18.8 Å². The first-order chi connectivity index (χ1) is 14.6. The zero-order chi connectivity index (χ0) is 21.3. The smallest absolute Gasteiger partial charge is 0.201 e. The minimum Gasteiger partial charge on any atom is -0.490 e. The van der Waals surface area contributed by atoms with Crippen molar-refractivity contribution in [3.63, 3.8) is 0 Å². The summed E-state index contributed by atoms with van der Waals surface area (Å²) in [6, 6.07) is 3.03. The van der Waals surface area contributed by atoms with Crippen LogP contribution in [-0.4, -0.2) is 6.61 Å². The predicted octanol–water partition coefficient (Wildman–Crippen LogP) is 7.91. The summed E-state index contributed by atoms with van der Waals surface area (Å²) in [5.41, 5.74) is 0.142. The van der Waals surface area contributed by atoms with Gasteiger partial charge in [0.05, 0.1) is 12.2 Å². The second-order valence-corrected chi connectivity index (χ2v) is 9.39. The highest BCUT2D eigenvalue weighted by Crippen LogP contribution is 2.42. The van der Waals surface area contributed by atoms with Gasteiger partial charge in [-0.25, -0.2) is 4.39 Å². The van der Waals surface area contributed by atoms with Crippen LogP contribution in [0.1, 0.15) is 96.5 Å². The van der Waals surface area contributed by atoms with E-state index in [4.69, 9.17) is 4.74 Å². The molecule has 2 saturated carbocycles. The molecule has 0 atom stereocenters. The van der Waals surface area contributed by atoms with Crippen LogP contribution in [-0.2, 0) is 0 Å². The van der Waals surface area contributed by atoms with E-state index in [1.807, 2.05) is 6.92 Å². The van der Waals surface area contributed by atoms with Gasteiger partial charge < -0.3 is 4.74 Å². The van der Waals surface area contributed by atoms with Crippen LogP contribution >= 0.6 is 0 Å². The molecule has 166 valence electrons. The standard InChI is InChI=1S/C27H38F2O/c1-3-5-6-20-7-12-22(13-8-20)23-14-9-21(10-15-23)11-16-24-17-18-25(30-19-4-2)27(29)26(24)28/h17-18,20-23H,3-10,12-15,19H2,1-2H3/t20-,21?,22-,23?. The zero-order valence-electron chi connectivity index (χ0n) is 18.8. The van der Waals surface area contributed by atoms with Crippen LogP contribution < -0.4 is 4.74 Å². The van der Waals surface area contributed by atoms with Gasteiger partial charge in [0.1, 0.15) is 0 Å². The summed E-state index contributed by atoms with van der Waals surface area (Å²) in [7, 11) is 0. The average molecular weight is 417 g/mol. The number of ether oxygens (including phenoxy) is 1. The van der Waals surface area contributed by atoms with Crippen molar-refractivity contribution < 1.29 is 13.5 Å². The van der Waals surface area contributed by atoms with Crippen LogP contribution in [0.25, 0.3) is 0 Å². The molecule has 2 fully saturated rings. The molecule has 30 heavy (non-hydrogen) atoms. The van der Waals surface area contributed by atoms with Crippen LogP contribution in [0.4, 0.5) is 8.78 Å². The van der Waals surface area contributed by atoms with Crippen molar-refractivity contribution in [2.24, 2.45) is 23.7 Å². The van der Waals surface area contributed by atoms with Crippen LogP contribution in [0, 0.1) is 47.1 Å². The minimum absolute atomic E-state index is 0.0233. The molecule has 0 radical (unpaired) electrons. The van der Waals surface area contributed by atoms with Crippen molar-refractivity contribution in [3.8, 4) is 17.6 Å². The minimum atomic E-state index is -0.923. The van der Waals surface area contributed by atoms with E-state index in [1.54, 1.807) is 6.07 Å². The second kappa shape index (κ2) is 11.7. The number of rotatable bonds is 7. The summed E-state index contributed by atoms with van der Waals surface area (Å²) in [5, 5.41) is 0. The third-order valence-corrected chi connectivity index (χ3v) is 7.22. The van der Waals surface area contributed by atoms with E-state index >= 15 is 0 Å². The summed E-state index contributed by atoms with van der Waals surface area (Å²) >= 11 is 0. The van der Waals surface area contributed by atoms with Crippen molar-refractivity contribution in [3.05, 3.63) is 29.3 Å². The number of halogens is 2. The molecule has 0 aliphatic heterocycles.